The third kappa shape index (κ3) is 5.83. The van der Waals surface area contributed by atoms with Gasteiger partial charge in [0.15, 0.2) is 5.60 Å². The Morgan fingerprint density at radius 3 is 2.32 bits per heavy atom. The Hall–Kier alpha value is -2.12. The molecule has 3 aliphatic rings. The van der Waals surface area contributed by atoms with E-state index in [2.05, 4.69) is 4.90 Å². The van der Waals surface area contributed by atoms with Crippen LogP contribution in [0.15, 0.2) is 47.4 Å². The van der Waals surface area contributed by atoms with Gasteiger partial charge in [-0.3, -0.25) is 4.79 Å². The van der Waals surface area contributed by atoms with Crippen LogP contribution in [0.3, 0.4) is 0 Å². The number of anilines is 1. The minimum Gasteiger partial charge on any atom is -0.376 e. The Morgan fingerprint density at radius 1 is 1.08 bits per heavy atom. The van der Waals surface area contributed by atoms with Gasteiger partial charge >= 0.3 is 6.18 Å². The van der Waals surface area contributed by atoms with Gasteiger partial charge in [-0.15, -0.1) is 0 Å². The highest BCUT2D eigenvalue weighted by molar-refractivity contribution is 7.96. The number of benzene rings is 1. The van der Waals surface area contributed by atoms with E-state index < -0.39 is 21.8 Å². The van der Waals surface area contributed by atoms with E-state index in [1.54, 1.807) is 12.2 Å². The van der Waals surface area contributed by atoms with Gasteiger partial charge in [0.05, 0.1) is 10.9 Å². The molecule has 1 aromatic rings. The summed E-state index contributed by atoms with van der Waals surface area (Å²) in [5.74, 6) is 0.194. The van der Waals surface area contributed by atoms with Crippen LogP contribution in [0.25, 0.3) is 0 Å². The smallest absolute Gasteiger partial charge is 0.376 e. The summed E-state index contributed by atoms with van der Waals surface area (Å²) in [6.07, 6.45) is 1.43. The van der Waals surface area contributed by atoms with Crippen molar-refractivity contribution < 1.29 is 31.5 Å². The van der Waals surface area contributed by atoms with E-state index >= 15 is 0 Å². The molecule has 1 aliphatic carbocycles. The molecule has 12 heteroatoms. The molecule has 4 rings (SSSR count). The van der Waals surface area contributed by atoms with E-state index in [4.69, 9.17) is 12.2 Å². The second kappa shape index (κ2) is 10.6. The number of carbonyl (C=O) groups excluding carboxylic acids is 1. The standard InChI is InChI=1S/C25H30F3N3O4S2/c1-24(33,25(26,27)28)18-6-8-19(9-7-18)31-15-14-30(37(34,35)23-5-3-2-4-22(23)36)17-20(31)16-29-12-10-21(32)11-13-29/h2-3,5-9,20,33H,4,10-17H2,1H3/t20-,24?/m0/s1. The number of aliphatic hydroxyl groups is 1. The monoisotopic (exact) mass is 557 g/mol. The fourth-order valence-corrected chi connectivity index (χ4v) is 6.93. The maximum absolute atomic E-state index is 13.4. The summed E-state index contributed by atoms with van der Waals surface area (Å²) >= 11 is 5.31. The molecule has 2 fully saturated rings. The number of hydrogen-bond acceptors (Lipinski definition) is 7. The Labute approximate surface area is 220 Å². The van der Waals surface area contributed by atoms with Crippen LogP contribution in [0.2, 0.25) is 0 Å². The van der Waals surface area contributed by atoms with Gasteiger partial charge in [-0.2, -0.15) is 17.5 Å². The molecule has 7 nitrogen and oxygen atoms in total. The number of thiocarbonyl (C=S) groups is 1. The molecular formula is C25H30F3N3O4S2. The summed E-state index contributed by atoms with van der Waals surface area (Å²) in [5.41, 5.74) is -2.63. The van der Waals surface area contributed by atoms with Gasteiger partial charge in [-0.1, -0.05) is 36.5 Å². The van der Waals surface area contributed by atoms with Crippen LogP contribution in [0.1, 0.15) is 31.7 Å². The highest BCUT2D eigenvalue weighted by Crippen LogP contribution is 2.39. The van der Waals surface area contributed by atoms with Gasteiger partial charge in [0.2, 0.25) is 10.0 Å². The Balaban J connectivity index is 1.59. The Bertz CT molecular complexity index is 1200. The molecule has 202 valence electrons. The van der Waals surface area contributed by atoms with Crippen LogP contribution in [0, 0.1) is 0 Å². The highest BCUT2D eigenvalue weighted by Gasteiger charge is 2.51. The molecule has 0 radical (unpaired) electrons. The minimum absolute atomic E-state index is 0.125. The molecule has 0 saturated carbocycles. The summed E-state index contributed by atoms with van der Waals surface area (Å²) in [6, 6.07) is 5.24. The van der Waals surface area contributed by atoms with Crippen LogP contribution in [-0.4, -0.2) is 84.9 Å². The summed E-state index contributed by atoms with van der Waals surface area (Å²) in [6.45, 7) is 3.02. The maximum Gasteiger partial charge on any atom is 0.421 e. The van der Waals surface area contributed by atoms with E-state index in [1.165, 1.54) is 34.6 Å². The van der Waals surface area contributed by atoms with E-state index in [9.17, 15) is 31.5 Å². The molecule has 1 unspecified atom stereocenters. The number of alkyl halides is 3. The summed E-state index contributed by atoms with van der Waals surface area (Å²) in [5, 5.41) is 10.0. The van der Waals surface area contributed by atoms with Crippen molar-refractivity contribution in [3.8, 4) is 0 Å². The van der Waals surface area contributed by atoms with Crippen molar-refractivity contribution >= 4 is 38.6 Å². The average Bonchev–Trinajstić information content (AvgIpc) is 2.85. The second-order valence-corrected chi connectivity index (χ2v) is 12.2. The number of likely N-dealkylation sites (tertiary alicyclic amines) is 1. The first-order chi connectivity index (χ1) is 17.3. The molecular weight excluding hydrogens is 527 g/mol. The van der Waals surface area contributed by atoms with Crippen molar-refractivity contribution in [3.05, 3.63) is 53.0 Å². The first-order valence-corrected chi connectivity index (χ1v) is 14.0. The molecule has 1 N–H and O–H groups in total. The lowest BCUT2D eigenvalue weighted by Gasteiger charge is -2.44. The minimum atomic E-state index is -4.83. The fourth-order valence-electron chi connectivity index (χ4n) is 4.86. The van der Waals surface area contributed by atoms with E-state index in [1.807, 2.05) is 4.90 Å². The van der Waals surface area contributed by atoms with Gasteiger partial charge in [0.1, 0.15) is 5.78 Å². The largest absolute Gasteiger partial charge is 0.421 e. The third-order valence-electron chi connectivity index (χ3n) is 7.22. The van der Waals surface area contributed by atoms with Crippen molar-refractivity contribution in [1.82, 2.24) is 9.21 Å². The lowest BCUT2D eigenvalue weighted by atomic mass is 9.95. The summed E-state index contributed by atoms with van der Waals surface area (Å²) in [4.78, 5) is 16.3. The third-order valence-corrected chi connectivity index (χ3v) is 9.69. The number of ketones is 1. The van der Waals surface area contributed by atoms with Crippen molar-refractivity contribution in [3.63, 3.8) is 0 Å². The predicted octanol–water partition coefficient (Wildman–Crippen LogP) is 3.16. The highest BCUT2D eigenvalue weighted by atomic mass is 32.2. The average molecular weight is 558 g/mol. The number of nitrogens with zero attached hydrogens (tertiary/aromatic N) is 3. The molecule has 2 saturated heterocycles. The number of carbonyl (C=O) groups is 1. The van der Waals surface area contributed by atoms with Gasteiger partial charge in [0.25, 0.3) is 0 Å². The van der Waals surface area contributed by atoms with Gasteiger partial charge < -0.3 is 14.9 Å². The van der Waals surface area contributed by atoms with E-state index in [-0.39, 0.29) is 35.4 Å². The molecule has 0 amide bonds. The molecule has 2 atom stereocenters. The van der Waals surface area contributed by atoms with Crippen molar-refractivity contribution in [2.75, 3.05) is 44.2 Å². The van der Waals surface area contributed by atoms with Crippen molar-refractivity contribution in [1.29, 1.82) is 0 Å². The van der Waals surface area contributed by atoms with Crippen LogP contribution in [0.4, 0.5) is 18.9 Å². The van der Waals surface area contributed by atoms with Gasteiger partial charge in [0, 0.05) is 69.1 Å². The zero-order chi connectivity index (χ0) is 27.0. The fraction of sp³-hybridized carbons (Fsp3) is 0.520. The number of sulfonamides is 1. The number of halogens is 3. The number of piperidine rings is 1. The maximum atomic E-state index is 13.4. The first-order valence-electron chi connectivity index (χ1n) is 12.1. The topological polar surface area (TPSA) is 81.2 Å². The summed E-state index contributed by atoms with van der Waals surface area (Å²) in [7, 11) is -3.82. The Kier molecular flexibility index (Phi) is 7.97. The molecule has 0 spiro atoms. The second-order valence-electron chi connectivity index (χ2n) is 9.75. The number of hydrogen-bond donors (Lipinski definition) is 1. The number of Topliss-reactive ketones (excluding diaryl/α,β-unsaturated/α-hetero) is 1. The molecule has 0 aromatic heterocycles. The lowest BCUT2D eigenvalue weighted by molar-refractivity contribution is -0.258. The van der Waals surface area contributed by atoms with Crippen molar-refractivity contribution in [2.24, 2.45) is 0 Å². The first kappa shape index (κ1) is 27.9. The number of piperazine rings is 1. The lowest BCUT2D eigenvalue weighted by Crippen LogP contribution is -2.59. The summed E-state index contributed by atoms with van der Waals surface area (Å²) < 4.78 is 68.2. The van der Waals surface area contributed by atoms with Crippen LogP contribution >= 0.6 is 12.2 Å². The van der Waals surface area contributed by atoms with Gasteiger partial charge in [-0.05, 0) is 30.7 Å². The quantitative estimate of drug-likeness (QED) is 0.539. The molecule has 2 heterocycles. The SMILES string of the molecule is CC(O)(c1ccc(N2CCN(S(=O)(=O)C3=CC=CCC3=S)C[C@@H]2CN2CCC(=O)CC2)cc1)C(F)(F)F. The molecule has 2 aliphatic heterocycles. The zero-order valence-electron chi connectivity index (χ0n) is 20.4. The van der Waals surface area contributed by atoms with Gasteiger partial charge in [-0.25, -0.2) is 8.42 Å². The molecule has 37 heavy (non-hydrogen) atoms. The van der Waals surface area contributed by atoms with E-state index in [0.29, 0.717) is 62.9 Å². The van der Waals surface area contributed by atoms with Crippen molar-refractivity contribution in [2.45, 2.75) is 44.0 Å². The normalized spacial score (nSPS) is 24.2. The molecule has 1 aromatic carbocycles. The van der Waals surface area contributed by atoms with Crippen LogP contribution < -0.4 is 4.90 Å². The van der Waals surface area contributed by atoms with Crippen LogP contribution in [0.5, 0.6) is 0 Å². The predicted molar refractivity (Wildman–Crippen MR) is 139 cm³/mol. The Morgan fingerprint density at radius 2 is 1.73 bits per heavy atom. The van der Waals surface area contributed by atoms with Crippen LogP contribution in [-0.2, 0) is 20.4 Å². The molecule has 0 bridgehead atoms. The zero-order valence-corrected chi connectivity index (χ0v) is 22.1. The number of allylic oxidation sites excluding steroid dienone is 4. The number of rotatable bonds is 6. The van der Waals surface area contributed by atoms with E-state index in [0.717, 1.165) is 0 Å².